The Morgan fingerprint density at radius 1 is 1.26 bits per heavy atom. The van der Waals surface area contributed by atoms with Gasteiger partial charge in [-0.3, -0.25) is 4.90 Å². The van der Waals surface area contributed by atoms with Gasteiger partial charge in [-0.1, -0.05) is 36.4 Å². The van der Waals surface area contributed by atoms with Gasteiger partial charge in [-0.2, -0.15) is 0 Å². The Kier molecular flexibility index (Phi) is 5.27. The second kappa shape index (κ2) is 7.67. The molecule has 3 heterocycles. The molecule has 0 bridgehead atoms. The zero-order chi connectivity index (χ0) is 18.9. The van der Waals surface area contributed by atoms with Crippen LogP contribution in [0.3, 0.4) is 0 Å². The maximum atomic E-state index is 12.0. The van der Waals surface area contributed by atoms with Crippen LogP contribution >= 0.6 is 23.6 Å². The Balaban J connectivity index is 1.60. The molecule has 142 valence electrons. The molecule has 1 aliphatic heterocycles. The molecule has 1 aliphatic rings. The first-order valence-corrected chi connectivity index (χ1v) is 11.7. The van der Waals surface area contributed by atoms with Crippen LogP contribution in [0, 0.1) is 4.84 Å². The van der Waals surface area contributed by atoms with E-state index in [4.69, 9.17) is 16.6 Å². The van der Waals surface area contributed by atoms with Crippen molar-refractivity contribution in [1.29, 1.82) is 0 Å². The van der Waals surface area contributed by atoms with Crippen molar-refractivity contribution in [3.8, 4) is 10.8 Å². The van der Waals surface area contributed by atoms with Crippen molar-refractivity contribution in [2.24, 2.45) is 0 Å². The van der Waals surface area contributed by atoms with Gasteiger partial charge in [-0.15, -0.1) is 16.4 Å². The fourth-order valence-electron chi connectivity index (χ4n) is 3.24. The van der Waals surface area contributed by atoms with Crippen molar-refractivity contribution in [3.05, 3.63) is 58.2 Å². The van der Waals surface area contributed by atoms with Gasteiger partial charge < -0.3 is 4.42 Å². The van der Waals surface area contributed by atoms with Crippen molar-refractivity contribution in [1.82, 2.24) is 14.7 Å². The number of rotatable bonds is 6. The molecule has 2 aromatic heterocycles. The predicted octanol–water partition coefficient (Wildman–Crippen LogP) is 3.58. The first-order chi connectivity index (χ1) is 13.0. The molecule has 0 N–H and O–H groups in total. The van der Waals surface area contributed by atoms with Crippen molar-refractivity contribution < 1.29 is 12.8 Å². The molecule has 1 unspecified atom stereocenters. The molecule has 1 fully saturated rings. The summed E-state index contributed by atoms with van der Waals surface area (Å²) in [7, 11) is -2.98. The molecule has 1 aromatic carbocycles. The maximum Gasteiger partial charge on any atom is 0.288 e. The van der Waals surface area contributed by atoms with Crippen molar-refractivity contribution in [2.45, 2.75) is 25.7 Å². The summed E-state index contributed by atoms with van der Waals surface area (Å²) < 4.78 is 31.3. The first kappa shape index (κ1) is 18.5. The van der Waals surface area contributed by atoms with Gasteiger partial charge in [0.05, 0.1) is 23.1 Å². The molecule has 4 rings (SSSR count). The summed E-state index contributed by atoms with van der Waals surface area (Å²) in [6.45, 7) is 1.02. The lowest BCUT2D eigenvalue weighted by Gasteiger charge is -2.27. The van der Waals surface area contributed by atoms with Crippen LogP contribution in [-0.2, 0) is 23.1 Å². The maximum absolute atomic E-state index is 12.0. The monoisotopic (exact) mass is 421 g/mol. The molecule has 0 radical (unpaired) electrons. The van der Waals surface area contributed by atoms with E-state index in [0.29, 0.717) is 25.5 Å². The van der Waals surface area contributed by atoms with Gasteiger partial charge in [0.15, 0.2) is 9.84 Å². The number of benzene rings is 1. The molecular weight excluding hydrogens is 402 g/mol. The molecule has 9 heteroatoms. The van der Waals surface area contributed by atoms with E-state index < -0.39 is 9.84 Å². The smallest absolute Gasteiger partial charge is 0.288 e. The number of hydrogen-bond acceptors (Lipinski definition) is 7. The Morgan fingerprint density at radius 3 is 2.74 bits per heavy atom. The topological polar surface area (TPSA) is 68.3 Å². The van der Waals surface area contributed by atoms with E-state index in [1.807, 2.05) is 47.8 Å². The first-order valence-electron chi connectivity index (χ1n) is 8.60. The molecule has 0 aliphatic carbocycles. The molecule has 0 spiro atoms. The molecule has 0 saturated carbocycles. The predicted molar refractivity (Wildman–Crippen MR) is 108 cm³/mol. The molecular formula is C18H19N3O3S3. The number of aromatic nitrogens is 2. The van der Waals surface area contributed by atoms with Gasteiger partial charge in [-0.25, -0.2) is 13.1 Å². The van der Waals surface area contributed by atoms with E-state index in [0.717, 1.165) is 10.4 Å². The van der Waals surface area contributed by atoms with E-state index in [-0.39, 0.29) is 22.4 Å². The Hall–Kier alpha value is -1.81. The second-order valence-electron chi connectivity index (χ2n) is 6.58. The molecule has 1 saturated heterocycles. The summed E-state index contributed by atoms with van der Waals surface area (Å²) in [6.07, 6.45) is 0.623. The standard InChI is InChI=1S/C18H19N3O3S3/c22-27(23)10-8-15(12-27)20(11-14-5-2-1-3-6-14)13-21-18(25)24-17(19-21)16-7-4-9-26-16/h1-7,9,15H,8,10-13H2. The number of sulfone groups is 1. The van der Waals surface area contributed by atoms with Gasteiger partial charge in [0.1, 0.15) is 0 Å². The quantitative estimate of drug-likeness (QED) is 0.567. The van der Waals surface area contributed by atoms with Gasteiger partial charge in [0.25, 0.3) is 10.7 Å². The average Bonchev–Trinajstić information content (AvgIpc) is 3.36. The third-order valence-corrected chi connectivity index (χ3v) is 7.51. The summed E-state index contributed by atoms with van der Waals surface area (Å²) >= 11 is 6.88. The van der Waals surface area contributed by atoms with E-state index in [1.165, 1.54) is 11.3 Å². The summed E-state index contributed by atoms with van der Waals surface area (Å²) in [5.74, 6) is 0.893. The van der Waals surface area contributed by atoms with Crippen LogP contribution in [-0.4, -0.2) is 40.6 Å². The van der Waals surface area contributed by atoms with E-state index in [9.17, 15) is 8.42 Å². The van der Waals surface area contributed by atoms with Gasteiger partial charge in [0.2, 0.25) is 0 Å². The largest absolute Gasteiger partial charge is 0.408 e. The highest BCUT2D eigenvalue weighted by molar-refractivity contribution is 7.91. The van der Waals surface area contributed by atoms with Gasteiger partial charge in [-0.05, 0) is 35.6 Å². The fourth-order valence-corrected chi connectivity index (χ4v) is 5.83. The van der Waals surface area contributed by atoms with Crippen LogP contribution < -0.4 is 0 Å². The van der Waals surface area contributed by atoms with Crippen LogP contribution in [0.15, 0.2) is 52.3 Å². The molecule has 27 heavy (non-hydrogen) atoms. The van der Waals surface area contributed by atoms with Crippen molar-refractivity contribution >= 4 is 33.4 Å². The van der Waals surface area contributed by atoms with Crippen LogP contribution in [0.25, 0.3) is 10.8 Å². The summed E-state index contributed by atoms with van der Waals surface area (Å²) in [6, 6.07) is 13.8. The molecule has 0 amide bonds. The summed E-state index contributed by atoms with van der Waals surface area (Å²) in [5.41, 5.74) is 1.12. The lowest BCUT2D eigenvalue weighted by Crippen LogP contribution is -2.37. The van der Waals surface area contributed by atoms with E-state index in [2.05, 4.69) is 10.00 Å². The minimum Gasteiger partial charge on any atom is -0.408 e. The minimum absolute atomic E-state index is 0.0565. The normalized spacial score (nSPS) is 18.9. The SMILES string of the molecule is O=S1(=O)CCC(N(Cc2ccccc2)Cn2nc(-c3cccs3)oc2=S)C1. The highest BCUT2D eigenvalue weighted by Crippen LogP contribution is 2.25. The Morgan fingerprint density at radius 2 is 2.07 bits per heavy atom. The average molecular weight is 422 g/mol. The highest BCUT2D eigenvalue weighted by Gasteiger charge is 2.32. The minimum atomic E-state index is -2.98. The van der Waals surface area contributed by atoms with Gasteiger partial charge in [0, 0.05) is 12.6 Å². The Labute approximate surface area is 167 Å². The number of nitrogens with zero attached hydrogens (tertiary/aromatic N) is 3. The molecule has 1 atom stereocenters. The zero-order valence-electron chi connectivity index (χ0n) is 14.5. The summed E-state index contributed by atoms with van der Waals surface area (Å²) in [5, 5.41) is 6.46. The van der Waals surface area contributed by atoms with Crippen molar-refractivity contribution in [2.75, 3.05) is 11.5 Å². The third kappa shape index (κ3) is 4.37. The number of hydrogen-bond donors (Lipinski definition) is 0. The van der Waals surface area contributed by atoms with Crippen LogP contribution in [0.1, 0.15) is 12.0 Å². The lowest BCUT2D eigenvalue weighted by atomic mass is 10.1. The highest BCUT2D eigenvalue weighted by atomic mass is 32.2. The fraction of sp³-hybridized carbons (Fsp3) is 0.333. The van der Waals surface area contributed by atoms with Crippen LogP contribution in [0.2, 0.25) is 0 Å². The van der Waals surface area contributed by atoms with Crippen molar-refractivity contribution in [3.63, 3.8) is 0 Å². The molecule has 6 nitrogen and oxygen atoms in total. The molecule has 3 aromatic rings. The second-order valence-corrected chi connectivity index (χ2v) is 10.1. The van der Waals surface area contributed by atoms with E-state index >= 15 is 0 Å². The summed E-state index contributed by atoms with van der Waals surface area (Å²) in [4.78, 5) is 3.33. The third-order valence-electron chi connectivity index (χ3n) is 4.61. The van der Waals surface area contributed by atoms with Crippen LogP contribution in [0.4, 0.5) is 0 Å². The van der Waals surface area contributed by atoms with Crippen LogP contribution in [0.5, 0.6) is 0 Å². The Bertz CT molecular complexity index is 1060. The van der Waals surface area contributed by atoms with E-state index in [1.54, 1.807) is 4.68 Å². The number of thiophene rings is 1. The van der Waals surface area contributed by atoms with Gasteiger partial charge >= 0.3 is 0 Å². The lowest BCUT2D eigenvalue weighted by molar-refractivity contribution is 0.144. The zero-order valence-corrected chi connectivity index (χ0v) is 17.0.